The van der Waals surface area contributed by atoms with E-state index in [9.17, 15) is 4.79 Å². The molecule has 0 unspecified atom stereocenters. The highest BCUT2D eigenvalue weighted by atomic mass is 16.3. The van der Waals surface area contributed by atoms with Crippen molar-refractivity contribution in [3.8, 4) is 0 Å². The first-order chi connectivity index (χ1) is 6.18. The number of carbonyl (C=O) groups excluding carboxylic acids is 1. The Morgan fingerprint density at radius 3 is 2.92 bits per heavy atom. The molecule has 4 heteroatoms. The van der Waals surface area contributed by atoms with Gasteiger partial charge in [-0.25, -0.2) is 4.98 Å². The van der Waals surface area contributed by atoms with Gasteiger partial charge in [-0.3, -0.25) is 4.79 Å². The molecule has 0 aliphatic heterocycles. The van der Waals surface area contributed by atoms with Gasteiger partial charge in [0, 0.05) is 12.3 Å². The lowest BCUT2D eigenvalue weighted by atomic mass is 10.4. The number of nitrogens with zero attached hydrogens (tertiary/aromatic N) is 1. The number of rotatable bonds is 2. The molecule has 0 aromatic carbocycles. The number of aliphatic hydroxyl groups excluding tert-OH is 1. The maximum Gasteiger partial charge on any atom is 0.252 e. The number of aliphatic hydroxyl groups is 1. The fourth-order valence-electron chi connectivity index (χ4n) is 0.789. The standard InChI is InChI=1S/C9H10N2O2/c1-7(12)6-9(13)11-8-4-2-3-5-10-8/h2-6,12H,1H3,(H,10,11,13)/b7-6-. The molecule has 1 aromatic heterocycles. The van der Waals surface area contributed by atoms with E-state index in [0.29, 0.717) is 5.82 Å². The van der Waals surface area contributed by atoms with Crippen LogP contribution in [0, 0.1) is 0 Å². The highest BCUT2D eigenvalue weighted by Gasteiger charge is 1.98. The second kappa shape index (κ2) is 4.25. The zero-order chi connectivity index (χ0) is 9.68. The van der Waals surface area contributed by atoms with Gasteiger partial charge in [-0.05, 0) is 19.1 Å². The number of nitrogens with one attached hydrogen (secondary N) is 1. The quantitative estimate of drug-likeness (QED) is 0.532. The summed E-state index contributed by atoms with van der Waals surface area (Å²) in [7, 11) is 0. The maximum absolute atomic E-state index is 11.0. The third-order valence-electron chi connectivity index (χ3n) is 1.26. The topological polar surface area (TPSA) is 62.2 Å². The summed E-state index contributed by atoms with van der Waals surface area (Å²) in [6.07, 6.45) is 2.67. The second-order valence-electron chi connectivity index (χ2n) is 2.49. The van der Waals surface area contributed by atoms with Crippen LogP contribution in [0.1, 0.15) is 6.92 Å². The maximum atomic E-state index is 11.0. The minimum absolute atomic E-state index is 0.0339. The largest absolute Gasteiger partial charge is 0.512 e. The molecule has 1 amide bonds. The summed E-state index contributed by atoms with van der Waals surface area (Å²) in [6.45, 7) is 1.43. The third-order valence-corrected chi connectivity index (χ3v) is 1.26. The molecule has 68 valence electrons. The normalized spacial score (nSPS) is 11.0. The van der Waals surface area contributed by atoms with Crippen LogP contribution >= 0.6 is 0 Å². The van der Waals surface area contributed by atoms with Crippen molar-refractivity contribution in [1.29, 1.82) is 0 Å². The van der Waals surface area contributed by atoms with Crippen LogP contribution in [0.25, 0.3) is 0 Å². The molecule has 0 atom stereocenters. The smallest absolute Gasteiger partial charge is 0.252 e. The third kappa shape index (κ3) is 3.37. The molecule has 0 saturated heterocycles. The molecule has 13 heavy (non-hydrogen) atoms. The molecule has 2 N–H and O–H groups in total. The van der Waals surface area contributed by atoms with Gasteiger partial charge in [-0.1, -0.05) is 6.07 Å². The Morgan fingerprint density at radius 1 is 1.62 bits per heavy atom. The summed E-state index contributed by atoms with van der Waals surface area (Å²) < 4.78 is 0. The first kappa shape index (κ1) is 9.25. The van der Waals surface area contributed by atoms with Gasteiger partial charge in [-0.15, -0.1) is 0 Å². The number of hydrogen-bond acceptors (Lipinski definition) is 3. The molecule has 0 bridgehead atoms. The summed E-state index contributed by atoms with van der Waals surface area (Å²) in [5, 5.41) is 11.3. The highest BCUT2D eigenvalue weighted by Crippen LogP contribution is 1.99. The molecule has 0 spiro atoms. The number of pyridine rings is 1. The first-order valence-corrected chi connectivity index (χ1v) is 3.78. The lowest BCUT2D eigenvalue weighted by molar-refractivity contribution is -0.112. The van der Waals surface area contributed by atoms with Gasteiger partial charge in [0.1, 0.15) is 5.82 Å². The molecular formula is C9H10N2O2. The minimum atomic E-state index is -0.390. The lowest BCUT2D eigenvalue weighted by Gasteiger charge is -1.99. The summed E-state index contributed by atoms with van der Waals surface area (Å²) in [5.74, 6) is 0.0390. The summed E-state index contributed by atoms with van der Waals surface area (Å²) in [6, 6.07) is 5.18. The van der Waals surface area contributed by atoms with Crippen LogP contribution in [0.5, 0.6) is 0 Å². The van der Waals surface area contributed by atoms with Crippen molar-refractivity contribution in [2.45, 2.75) is 6.92 Å². The van der Waals surface area contributed by atoms with E-state index in [1.807, 2.05) is 0 Å². The average molecular weight is 178 g/mol. The first-order valence-electron chi connectivity index (χ1n) is 3.78. The van der Waals surface area contributed by atoms with Gasteiger partial charge in [0.05, 0.1) is 5.76 Å². The number of amides is 1. The van der Waals surface area contributed by atoms with Crippen molar-refractivity contribution in [2.24, 2.45) is 0 Å². The summed E-state index contributed by atoms with van der Waals surface area (Å²) in [5.41, 5.74) is 0. The molecule has 1 rings (SSSR count). The van der Waals surface area contributed by atoms with E-state index in [2.05, 4.69) is 10.3 Å². The van der Waals surface area contributed by atoms with E-state index in [-0.39, 0.29) is 5.76 Å². The van der Waals surface area contributed by atoms with Crippen LogP contribution in [0.15, 0.2) is 36.2 Å². The van der Waals surface area contributed by atoms with E-state index < -0.39 is 5.91 Å². The van der Waals surface area contributed by atoms with Crippen LogP contribution in [0.3, 0.4) is 0 Å². The molecule has 1 aromatic rings. The van der Waals surface area contributed by atoms with Crippen molar-refractivity contribution in [2.75, 3.05) is 5.32 Å². The fraction of sp³-hybridized carbons (Fsp3) is 0.111. The van der Waals surface area contributed by atoms with Gasteiger partial charge in [0.15, 0.2) is 0 Å². The molecule has 0 radical (unpaired) electrons. The summed E-state index contributed by atoms with van der Waals surface area (Å²) >= 11 is 0. The highest BCUT2D eigenvalue weighted by molar-refractivity contribution is 5.98. The van der Waals surface area contributed by atoms with Crippen LogP contribution in [-0.4, -0.2) is 16.0 Å². The van der Waals surface area contributed by atoms with Crippen molar-refractivity contribution in [1.82, 2.24) is 4.98 Å². The predicted octanol–water partition coefficient (Wildman–Crippen LogP) is 1.48. The summed E-state index contributed by atoms with van der Waals surface area (Å²) in [4.78, 5) is 14.9. The van der Waals surface area contributed by atoms with E-state index in [4.69, 9.17) is 5.11 Å². The van der Waals surface area contributed by atoms with E-state index in [0.717, 1.165) is 6.08 Å². The van der Waals surface area contributed by atoms with Gasteiger partial charge in [-0.2, -0.15) is 0 Å². The molecule has 0 aliphatic carbocycles. The Hall–Kier alpha value is -1.84. The lowest BCUT2D eigenvalue weighted by Crippen LogP contribution is -2.09. The van der Waals surface area contributed by atoms with E-state index in [1.54, 1.807) is 24.4 Å². The SMILES string of the molecule is C/C(O)=C/C(=O)Nc1ccccn1. The molecular weight excluding hydrogens is 168 g/mol. The molecule has 0 saturated carbocycles. The van der Waals surface area contributed by atoms with Crippen LogP contribution in [0.4, 0.5) is 5.82 Å². The van der Waals surface area contributed by atoms with Gasteiger partial charge < -0.3 is 10.4 Å². The Balaban J connectivity index is 2.61. The zero-order valence-electron chi connectivity index (χ0n) is 7.19. The molecule has 0 aliphatic rings. The van der Waals surface area contributed by atoms with Crippen molar-refractivity contribution in [3.05, 3.63) is 36.2 Å². The Morgan fingerprint density at radius 2 is 2.38 bits per heavy atom. The Kier molecular flexibility index (Phi) is 3.03. The Labute approximate surface area is 75.9 Å². The monoisotopic (exact) mass is 178 g/mol. The molecule has 1 heterocycles. The number of aromatic nitrogens is 1. The van der Waals surface area contributed by atoms with E-state index in [1.165, 1.54) is 6.92 Å². The fourth-order valence-corrected chi connectivity index (χ4v) is 0.789. The Bertz CT molecular complexity index is 316. The van der Waals surface area contributed by atoms with Crippen LogP contribution in [0.2, 0.25) is 0 Å². The minimum Gasteiger partial charge on any atom is -0.512 e. The van der Waals surface area contributed by atoms with Crippen molar-refractivity contribution in [3.63, 3.8) is 0 Å². The van der Waals surface area contributed by atoms with Gasteiger partial charge >= 0.3 is 0 Å². The van der Waals surface area contributed by atoms with E-state index >= 15 is 0 Å². The van der Waals surface area contributed by atoms with Crippen LogP contribution < -0.4 is 5.32 Å². The molecule has 4 nitrogen and oxygen atoms in total. The average Bonchev–Trinajstić information content (AvgIpc) is 2.04. The van der Waals surface area contributed by atoms with Crippen molar-refractivity contribution < 1.29 is 9.90 Å². The van der Waals surface area contributed by atoms with Gasteiger partial charge in [0.25, 0.3) is 5.91 Å². The number of anilines is 1. The van der Waals surface area contributed by atoms with Gasteiger partial charge in [0.2, 0.25) is 0 Å². The van der Waals surface area contributed by atoms with Crippen LogP contribution in [-0.2, 0) is 4.79 Å². The number of allylic oxidation sites excluding steroid dienone is 1. The zero-order valence-corrected chi connectivity index (χ0v) is 7.19. The van der Waals surface area contributed by atoms with Crippen molar-refractivity contribution >= 4 is 11.7 Å². The number of carbonyl (C=O) groups is 1. The molecule has 0 fully saturated rings. The second-order valence-corrected chi connectivity index (χ2v) is 2.49. The number of hydrogen-bond donors (Lipinski definition) is 2. The predicted molar refractivity (Wildman–Crippen MR) is 49.3 cm³/mol.